The Hall–Kier alpha value is -1.65. The third kappa shape index (κ3) is 2.92. The van der Waals surface area contributed by atoms with Gasteiger partial charge in [-0.25, -0.2) is 4.98 Å². The number of nitrogens with one attached hydrogen (secondary N) is 1. The van der Waals surface area contributed by atoms with Crippen LogP contribution in [0.1, 0.15) is 32.3 Å². The number of hydrogen-bond donors (Lipinski definition) is 1. The number of nitrogens with zero attached hydrogens (tertiary/aromatic N) is 2. The Labute approximate surface area is 95.0 Å². The molecule has 5 nitrogen and oxygen atoms in total. The molecule has 1 rings (SSSR count). The molecule has 88 valence electrons. The van der Waals surface area contributed by atoms with Crippen LogP contribution in [0.2, 0.25) is 0 Å². The van der Waals surface area contributed by atoms with E-state index in [-0.39, 0.29) is 16.7 Å². The van der Waals surface area contributed by atoms with Crippen molar-refractivity contribution in [2.45, 2.75) is 39.7 Å². The lowest BCUT2D eigenvalue weighted by Crippen LogP contribution is -2.16. The van der Waals surface area contributed by atoms with Crippen molar-refractivity contribution in [3.63, 3.8) is 0 Å². The summed E-state index contributed by atoms with van der Waals surface area (Å²) in [6, 6.07) is 1.84. The molecule has 0 aliphatic carbocycles. The van der Waals surface area contributed by atoms with Gasteiger partial charge in [-0.3, -0.25) is 10.1 Å². The quantitative estimate of drug-likeness (QED) is 0.615. The van der Waals surface area contributed by atoms with E-state index in [1.807, 2.05) is 6.92 Å². The van der Waals surface area contributed by atoms with E-state index in [1.54, 1.807) is 19.2 Å². The number of hydrogen-bond acceptors (Lipinski definition) is 4. The van der Waals surface area contributed by atoms with Crippen LogP contribution in [0.15, 0.2) is 12.3 Å². The maximum Gasteiger partial charge on any atom is 0.314 e. The number of aromatic nitrogens is 1. The van der Waals surface area contributed by atoms with E-state index in [0.717, 1.165) is 12.8 Å². The Balaban J connectivity index is 2.95. The zero-order valence-electron chi connectivity index (χ0n) is 9.86. The zero-order chi connectivity index (χ0) is 12.1. The van der Waals surface area contributed by atoms with Crippen LogP contribution in [-0.4, -0.2) is 15.9 Å². The van der Waals surface area contributed by atoms with Crippen LogP contribution in [0, 0.1) is 17.0 Å². The minimum absolute atomic E-state index is 0.0745. The van der Waals surface area contributed by atoms with Crippen LogP contribution in [0.3, 0.4) is 0 Å². The first-order valence-corrected chi connectivity index (χ1v) is 5.42. The molecule has 1 heterocycles. The Bertz CT molecular complexity index is 379. The molecule has 0 saturated carbocycles. The molecule has 1 aromatic heterocycles. The molecule has 0 spiro atoms. The number of pyridine rings is 1. The number of rotatable bonds is 5. The summed E-state index contributed by atoms with van der Waals surface area (Å²) in [5.74, 6) is 0.367. The molecular weight excluding hydrogens is 206 g/mol. The molecule has 0 aromatic carbocycles. The highest BCUT2D eigenvalue weighted by Gasteiger charge is 2.19. The van der Waals surface area contributed by atoms with Gasteiger partial charge in [0, 0.05) is 17.8 Å². The summed E-state index contributed by atoms with van der Waals surface area (Å²) in [7, 11) is 0. The second kappa shape index (κ2) is 5.44. The van der Waals surface area contributed by atoms with E-state index in [0.29, 0.717) is 11.4 Å². The first kappa shape index (κ1) is 12.4. The molecule has 0 aliphatic heterocycles. The Kier molecular flexibility index (Phi) is 4.22. The highest BCUT2D eigenvalue weighted by molar-refractivity contribution is 5.60. The van der Waals surface area contributed by atoms with E-state index in [2.05, 4.69) is 17.2 Å². The van der Waals surface area contributed by atoms with Crippen LogP contribution in [0.5, 0.6) is 0 Å². The van der Waals surface area contributed by atoms with Gasteiger partial charge in [-0.1, -0.05) is 13.3 Å². The number of nitro groups is 1. The fourth-order valence-electron chi connectivity index (χ4n) is 1.63. The molecule has 1 unspecified atom stereocenters. The highest BCUT2D eigenvalue weighted by atomic mass is 16.6. The molecule has 1 aromatic rings. The first-order valence-electron chi connectivity index (χ1n) is 5.42. The van der Waals surface area contributed by atoms with Crippen molar-refractivity contribution in [2.75, 3.05) is 5.32 Å². The summed E-state index contributed by atoms with van der Waals surface area (Å²) < 4.78 is 0. The van der Waals surface area contributed by atoms with E-state index in [4.69, 9.17) is 0 Å². The zero-order valence-corrected chi connectivity index (χ0v) is 9.86. The van der Waals surface area contributed by atoms with Crippen molar-refractivity contribution in [1.82, 2.24) is 4.98 Å². The summed E-state index contributed by atoms with van der Waals surface area (Å²) in [5, 5.41) is 14.0. The van der Waals surface area contributed by atoms with Crippen molar-refractivity contribution >= 4 is 11.5 Å². The van der Waals surface area contributed by atoms with Crippen molar-refractivity contribution in [1.29, 1.82) is 0 Å². The average Bonchev–Trinajstić information content (AvgIpc) is 2.17. The normalized spacial score (nSPS) is 12.2. The van der Waals surface area contributed by atoms with Gasteiger partial charge in [-0.2, -0.15) is 0 Å². The monoisotopic (exact) mass is 223 g/mol. The van der Waals surface area contributed by atoms with Crippen LogP contribution >= 0.6 is 0 Å². The second-order valence-electron chi connectivity index (χ2n) is 3.92. The summed E-state index contributed by atoms with van der Waals surface area (Å²) in [6.45, 7) is 5.79. The highest BCUT2D eigenvalue weighted by Crippen LogP contribution is 2.26. The van der Waals surface area contributed by atoms with Gasteiger partial charge in [0.15, 0.2) is 0 Å². The molecule has 0 saturated heterocycles. The van der Waals surface area contributed by atoms with Gasteiger partial charge in [-0.15, -0.1) is 0 Å². The summed E-state index contributed by atoms with van der Waals surface area (Å²) in [4.78, 5) is 14.6. The predicted octanol–water partition coefficient (Wildman–Crippen LogP) is 2.90. The number of aryl methyl sites for hydroxylation is 1. The molecule has 1 N–H and O–H groups in total. The maximum absolute atomic E-state index is 10.9. The van der Waals surface area contributed by atoms with Gasteiger partial charge in [0.05, 0.1) is 4.92 Å². The topological polar surface area (TPSA) is 68.1 Å². The second-order valence-corrected chi connectivity index (χ2v) is 3.92. The average molecular weight is 223 g/mol. The van der Waals surface area contributed by atoms with Gasteiger partial charge in [-0.05, 0) is 26.3 Å². The van der Waals surface area contributed by atoms with E-state index in [9.17, 15) is 10.1 Å². The summed E-state index contributed by atoms with van der Waals surface area (Å²) in [5.41, 5.74) is 0.705. The Morgan fingerprint density at radius 1 is 1.62 bits per heavy atom. The molecular formula is C11H17N3O2. The smallest absolute Gasteiger partial charge is 0.314 e. The lowest BCUT2D eigenvalue weighted by Gasteiger charge is -2.13. The molecule has 0 bridgehead atoms. The lowest BCUT2D eigenvalue weighted by atomic mass is 10.2. The van der Waals surface area contributed by atoms with Crippen molar-refractivity contribution in [3.8, 4) is 0 Å². The Morgan fingerprint density at radius 2 is 2.31 bits per heavy atom. The third-order valence-corrected chi connectivity index (χ3v) is 2.41. The van der Waals surface area contributed by atoms with Crippen molar-refractivity contribution in [3.05, 3.63) is 27.9 Å². The van der Waals surface area contributed by atoms with Crippen LogP contribution in [0.4, 0.5) is 11.5 Å². The summed E-state index contributed by atoms with van der Waals surface area (Å²) in [6.07, 6.45) is 3.59. The van der Waals surface area contributed by atoms with Gasteiger partial charge < -0.3 is 5.32 Å². The van der Waals surface area contributed by atoms with Gasteiger partial charge in [0.2, 0.25) is 5.82 Å². The van der Waals surface area contributed by atoms with E-state index >= 15 is 0 Å². The van der Waals surface area contributed by atoms with Crippen LogP contribution < -0.4 is 5.32 Å². The van der Waals surface area contributed by atoms with Gasteiger partial charge >= 0.3 is 5.69 Å². The van der Waals surface area contributed by atoms with Crippen molar-refractivity contribution < 1.29 is 4.92 Å². The van der Waals surface area contributed by atoms with Crippen molar-refractivity contribution in [2.24, 2.45) is 0 Å². The SMILES string of the molecule is CCCC(C)Nc1nccc(C)c1[N+](=O)[O-]. The molecule has 5 heteroatoms. The van der Waals surface area contributed by atoms with Gasteiger partial charge in [0.1, 0.15) is 0 Å². The molecule has 1 atom stereocenters. The van der Waals surface area contributed by atoms with Gasteiger partial charge in [0.25, 0.3) is 0 Å². The molecule has 16 heavy (non-hydrogen) atoms. The third-order valence-electron chi connectivity index (χ3n) is 2.41. The summed E-state index contributed by atoms with van der Waals surface area (Å²) >= 11 is 0. The molecule has 0 radical (unpaired) electrons. The lowest BCUT2D eigenvalue weighted by molar-refractivity contribution is -0.384. The minimum atomic E-state index is -0.386. The maximum atomic E-state index is 10.9. The van der Waals surface area contributed by atoms with Crippen LogP contribution in [-0.2, 0) is 0 Å². The van der Waals surface area contributed by atoms with Crippen LogP contribution in [0.25, 0.3) is 0 Å². The molecule has 0 amide bonds. The molecule has 0 aliphatic rings. The Morgan fingerprint density at radius 3 is 2.88 bits per heavy atom. The van der Waals surface area contributed by atoms with E-state index in [1.165, 1.54) is 0 Å². The minimum Gasteiger partial charge on any atom is -0.362 e. The largest absolute Gasteiger partial charge is 0.362 e. The molecule has 0 fully saturated rings. The fraction of sp³-hybridized carbons (Fsp3) is 0.545. The number of anilines is 1. The van der Waals surface area contributed by atoms with E-state index < -0.39 is 0 Å². The standard InChI is InChI=1S/C11H17N3O2/c1-4-5-9(3)13-11-10(14(15)16)8(2)6-7-12-11/h6-7,9H,4-5H2,1-3H3,(H,12,13). The first-order chi connectivity index (χ1) is 7.56. The fourth-order valence-corrected chi connectivity index (χ4v) is 1.63. The predicted molar refractivity (Wildman–Crippen MR) is 63.6 cm³/mol.